The van der Waals surface area contributed by atoms with Crippen molar-refractivity contribution in [2.75, 3.05) is 0 Å². The largest absolute Gasteiger partial charge is 0.512 e. The van der Waals surface area contributed by atoms with Gasteiger partial charge in [-0.05, 0) is 122 Å². The van der Waals surface area contributed by atoms with E-state index >= 15 is 0 Å². The van der Waals surface area contributed by atoms with E-state index in [9.17, 15) is 9.90 Å². The summed E-state index contributed by atoms with van der Waals surface area (Å²) in [5.41, 5.74) is 13.0. The second-order valence-electron chi connectivity index (χ2n) is 21.5. The van der Waals surface area contributed by atoms with Crippen molar-refractivity contribution in [3.8, 4) is 22.4 Å². The fourth-order valence-electron chi connectivity index (χ4n) is 11.3. The van der Waals surface area contributed by atoms with Gasteiger partial charge in [-0.25, -0.2) is 0 Å². The zero-order chi connectivity index (χ0) is 43.5. The molecule has 3 nitrogen and oxygen atoms in total. The Kier molecular flexibility index (Phi) is 13.7. The number of hydrogen-bond donors (Lipinski definition) is 1. The Balaban J connectivity index is 0.000000367. The quantitative estimate of drug-likeness (QED) is 0.0909. The molecule has 1 heterocycles. The number of aliphatic hydroxyl groups is 1. The number of benzene rings is 4. The number of carbonyl (C=O) groups excluding carboxylic acids is 1. The molecule has 0 amide bonds. The van der Waals surface area contributed by atoms with Crippen LogP contribution in [-0.4, -0.2) is 15.9 Å². The van der Waals surface area contributed by atoms with Crippen LogP contribution in [0.5, 0.6) is 0 Å². The third-order valence-electron chi connectivity index (χ3n) is 13.9. The van der Waals surface area contributed by atoms with Crippen LogP contribution in [0.2, 0.25) is 0 Å². The maximum atomic E-state index is 11.7. The van der Waals surface area contributed by atoms with E-state index in [4.69, 9.17) is 4.98 Å². The van der Waals surface area contributed by atoms with E-state index in [1.165, 1.54) is 51.8 Å². The average Bonchev–Trinajstić information content (AvgIpc) is 3.48. The molecule has 4 aromatic carbocycles. The van der Waals surface area contributed by atoms with Gasteiger partial charge in [0, 0.05) is 49.9 Å². The number of pyridine rings is 1. The van der Waals surface area contributed by atoms with Gasteiger partial charge in [0.1, 0.15) is 0 Å². The van der Waals surface area contributed by atoms with Crippen LogP contribution in [0.25, 0.3) is 43.9 Å². The Morgan fingerprint density at radius 3 is 1.82 bits per heavy atom. The van der Waals surface area contributed by atoms with Crippen LogP contribution in [0, 0.1) is 17.9 Å². The molecule has 0 aliphatic heterocycles. The van der Waals surface area contributed by atoms with E-state index in [-0.39, 0.29) is 70.6 Å². The van der Waals surface area contributed by atoms with Gasteiger partial charge in [0.2, 0.25) is 0 Å². The molecule has 0 fully saturated rings. The minimum Gasteiger partial charge on any atom is -0.512 e. The van der Waals surface area contributed by atoms with Gasteiger partial charge in [0.15, 0.2) is 5.78 Å². The maximum absolute atomic E-state index is 11.7. The second kappa shape index (κ2) is 17.3. The van der Waals surface area contributed by atoms with Crippen LogP contribution in [0.3, 0.4) is 0 Å². The van der Waals surface area contributed by atoms with Crippen LogP contribution in [-0.2, 0) is 52.0 Å². The molecule has 2 aliphatic rings. The SMILES string of the molecule is CC(C)(C)c1cc(-c2nccc3cc(-c4c5c(cc6c4C(C)(C)CC6(C)C)C(C)(C)CC5(C)C)ccc23)[c-]c2ccccc12.CCC(CC)C(=O)/C=C(\O)C(CC)CC.[Ir]. The zero-order valence-corrected chi connectivity index (χ0v) is 41.9. The number of ketones is 1. The van der Waals surface area contributed by atoms with Crippen molar-refractivity contribution >= 4 is 27.3 Å². The number of aliphatic hydroxyl groups excluding tert-OH is 1. The predicted octanol–water partition coefficient (Wildman–Crippen LogP) is 15.6. The molecule has 323 valence electrons. The van der Waals surface area contributed by atoms with Crippen LogP contribution in [0.1, 0.15) is 170 Å². The summed E-state index contributed by atoms with van der Waals surface area (Å²) < 4.78 is 0. The molecule has 1 N–H and O–H groups in total. The summed E-state index contributed by atoms with van der Waals surface area (Å²) in [5, 5.41) is 14.6. The molecule has 0 spiro atoms. The van der Waals surface area contributed by atoms with Crippen molar-refractivity contribution in [3.63, 3.8) is 0 Å². The van der Waals surface area contributed by atoms with E-state index in [0.29, 0.717) is 0 Å². The molecular formula is C56H72IrNO2-. The van der Waals surface area contributed by atoms with Gasteiger partial charge in [-0.2, -0.15) is 0 Å². The van der Waals surface area contributed by atoms with Gasteiger partial charge in [-0.1, -0.05) is 151 Å². The van der Waals surface area contributed by atoms with Crippen LogP contribution >= 0.6 is 0 Å². The second-order valence-corrected chi connectivity index (χ2v) is 21.5. The third-order valence-corrected chi connectivity index (χ3v) is 13.9. The molecule has 4 heteroatoms. The molecule has 0 atom stereocenters. The summed E-state index contributed by atoms with van der Waals surface area (Å²) in [6.07, 6.45) is 9.23. The van der Waals surface area contributed by atoms with Crippen molar-refractivity contribution in [3.05, 3.63) is 113 Å². The number of carbonyl (C=O) groups is 1. The van der Waals surface area contributed by atoms with E-state index < -0.39 is 0 Å². The minimum atomic E-state index is 0. The fraction of sp³-hybridized carbons (Fsp3) is 0.500. The first-order valence-corrected chi connectivity index (χ1v) is 22.5. The molecule has 7 rings (SSSR count). The van der Waals surface area contributed by atoms with E-state index in [0.717, 1.165) is 42.3 Å². The van der Waals surface area contributed by atoms with Crippen molar-refractivity contribution in [2.24, 2.45) is 11.8 Å². The summed E-state index contributed by atoms with van der Waals surface area (Å²) in [7, 11) is 0. The number of allylic oxidation sites excluding steroid dienone is 2. The Bertz CT molecular complexity index is 2360. The van der Waals surface area contributed by atoms with Gasteiger partial charge in [0.25, 0.3) is 0 Å². The topological polar surface area (TPSA) is 50.2 Å². The molecule has 0 saturated heterocycles. The Morgan fingerprint density at radius 2 is 1.28 bits per heavy atom. The molecular weight excluding hydrogens is 911 g/mol. The van der Waals surface area contributed by atoms with Gasteiger partial charge < -0.3 is 5.11 Å². The Hall–Kier alpha value is -3.59. The molecule has 1 radical (unpaired) electrons. The standard InChI is InChI=1S/C43H48N.C13H24O2.Ir/c1-39(2,3)32-22-29(21-26-14-12-13-15-30(26)32)38-31-17-16-28(20-27(31)18-19-44-38)35-36-33(40(4,5)24-42(36,8)9)23-34-37(35)43(10,11)25-41(34,6)7;1-5-10(6-2)12(14)9-13(15)11(7-3)8-4;/h12-20,22-23H,24-25H2,1-11H3;9-11,14H,5-8H2,1-4H3;/q-1;;/b;12-9-;. The first kappa shape index (κ1) is 47.5. The number of rotatable bonds is 9. The zero-order valence-electron chi connectivity index (χ0n) is 39.5. The molecule has 0 unspecified atom stereocenters. The first-order valence-electron chi connectivity index (χ1n) is 22.5. The number of fused-ring (bicyclic) bond motifs is 4. The molecule has 1 aromatic heterocycles. The molecule has 0 saturated carbocycles. The van der Waals surface area contributed by atoms with Crippen molar-refractivity contribution in [1.82, 2.24) is 4.98 Å². The van der Waals surface area contributed by atoms with E-state index in [2.05, 4.69) is 143 Å². The molecule has 60 heavy (non-hydrogen) atoms. The average molecular weight is 983 g/mol. The molecule has 2 aliphatic carbocycles. The van der Waals surface area contributed by atoms with Gasteiger partial charge in [0.05, 0.1) is 5.76 Å². The van der Waals surface area contributed by atoms with Gasteiger partial charge in [-0.3, -0.25) is 9.78 Å². The Morgan fingerprint density at radius 1 is 0.733 bits per heavy atom. The summed E-state index contributed by atoms with van der Waals surface area (Å²) in [6, 6.07) is 26.7. The maximum Gasteiger partial charge on any atom is 0.162 e. The molecule has 5 aromatic rings. The number of nitrogens with zero attached hydrogens (tertiary/aromatic N) is 1. The smallest absolute Gasteiger partial charge is 0.162 e. The number of aromatic nitrogens is 1. The Labute approximate surface area is 376 Å². The fourth-order valence-corrected chi connectivity index (χ4v) is 11.3. The van der Waals surface area contributed by atoms with Crippen LogP contribution < -0.4 is 0 Å². The normalized spacial score (nSPS) is 17.3. The van der Waals surface area contributed by atoms with Gasteiger partial charge in [-0.15, -0.1) is 29.1 Å². The monoisotopic (exact) mass is 984 g/mol. The summed E-state index contributed by atoms with van der Waals surface area (Å²) in [6.45, 7) is 34.6. The summed E-state index contributed by atoms with van der Waals surface area (Å²) in [4.78, 5) is 16.7. The molecule has 0 bridgehead atoms. The van der Waals surface area contributed by atoms with Crippen molar-refractivity contribution < 1.29 is 30.0 Å². The van der Waals surface area contributed by atoms with Crippen LogP contribution in [0.4, 0.5) is 0 Å². The van der Waals surface area contributed by atoms with E-state index in [1.807, 2.05) is 33.9 Å². The third kappa shape index (κ3) is 8.85. The summed E-state index contributed by atoms with van der Waals surface area (Å²) in [5.74, 6) is 0.547. The van der Waals surface area contributed by atoms with Crippen molar-refractivity contribution in [2.45, 2.75) is 169 Å². The minimum absolute atomic E-state index is 0. The van der Waals surface area contributed by atoms with Crippen molar-refractivity contribution in [1.29, 1.82) is 0 Å². The van der Waals surface area contributed by atoms with Crippen LogP contribution in [0.15, 0.2) is 78.7 Å². The van der Waals surface area contributed by atoms with Gasteiger partial charge >= 0.3 is 0 Å². The van der Waals surface area contributed by atoms with E-state index in [1.54, 1.807) is 22.3 Å². The number of hydrogen-bond acceptors (Lipinski definition) is 3. The summed E-state index contributed by atoms with van der Waals surface area (Å²) >= 11 is 0. The first-order chi connectivity index (χ1) is 27.5. The predicted molar refractivity (Wildman–Crippen MR) is 253 cm³/mol.